The predicted octanol–water partition coefficient (Wildman–Crippen LogP) is 7.92. The van der Waals surface area contributed by atoms with Crippen molar-refractivity contribution < 1.29 is 15.3 Å². The molecule has 0 radical (unpaired) electrons. The molecule has 0 unspecified atom stereocenters. The van der Waals surface area contributed by atoms with Gasteiger partial charge in [0.15, 0.2) is 0 Å². The van der Waals surface area contributed by atoms with Crippen molar-refractivity contribution in [1.82, 2.24) is 0 Å². The smallest absolute Gasteiger partial charge is 0.0695 e. The Labute approximate surface area is 218 Å². The van der Waals surface area contributed by atoms with Crippen LogP contribution >= 0.6 is 0 Å². The largest absolute Gasteiger partial charge is 0.396 e. The molecule has 0 aromatic carbocycles. The topological polar surface area (TPSA) is 60.7 Å². The van der Waals surface area contributed by atoms with Crippen LogP contribution in [0, 0.1) is 38.9 Å². The Kier molecular flexibility index (Phi) is 9.83. The fourth-order valence-electron chi connectivity index (χ4n) is 7.80. The standard InChI is InChI=1S/C32H60O3/c1-11-14-28(4,5)17-19-30(8,22-33)20-18-29(6,7)32(10)16-12-25-24(3)26(35)13-15-31(25,9)27(32)21-23(2)34/h21,23-26,33-35H,11-20,22H2,1-10H3/b27-21-/t23-,24-,25-,26-,30-,31-,32+/m0/s1. The molecular weight excluding hydrogens is 432 g/mol. The van der Waals surface area contributed by atoms with E-state index in [9.17, 15) is 15.3 Å². The number of aliphatic hydroxyl groups excluding tert-OH is 3. The molecule has 2 saturated carbocycles. The van der Waals surface area contributed by atoms with Crippen molar-refractivity contribution in [1.29, 1.82) is 0 Å². The van der Waals surface area contributed by atoms with Gasteiger partial charge < -0.3 is 15.3 Å². The lowest BCUT2D eigenvalue weighted by Crippen LogP contribution is -2.54. The van der Waals surface area contributed by atoms with Crippen LogP contribution in [0.2, 0.25) is 0 Å². The van der Waals surface area contributed by atoms with Crippen molar-refractivity contribution in [2.24, 2.45) is 38.9 Å². The minimum absolute atomic E-state index is 0.0182. The molecule has 0 bridgehead atoms. The molecule has 2 aliphatic rings. The summed E-state index contributed by atoms with van der Waals surface area (Å²) < 4.78 is 0. The maximum Gasteiger partial charge on any atom is 0.0695 e. The number of rotatable bonds is 11. The molecule has 0 aromatic heterocycles. The highest BCUT2D eigenvalue weighted by molar-refractivity contribution is 5.31. The van der Waals surface area contributed by atoms with Crippen LogP contribution in [0.4, 0.5) is 0 Å². The first-order valence-corrected chi connectivity index (χ1v) is 14.7. The summed E-state index contributed by atoms with van der Waals surface area (Å²) in [5.74, 6) is 0.756. The summed E-state index contributed by atoms with van der Waals surface area (Å²) in [5.41, 5.74) is 1.73. The highest BCUT2D eigenvalue weighted by atomic mass is 16.3. The van der Waals surface area contributed by atoms with Crippen LogP contribution in [0.15, 0.2) is 11.6 Å². The lowest BCUT2D eigenvalue weighted by atomic mass is 9.43. The van der Waals surface area contributed by atoms with Crippen molar-refractivity contribution in [3.05, 3.63) is 11.6 Å². The van der Waals surface area contributed by atoms with Crippen molar-refractivity contribution in [3.8, 4) is 0 Å². The first-order valence-electron chi connectivity index (χ1n) is 14.7. The second-order valence-electron chi connectivity index (χ2n) is 14.9. The van der Waals surface area contributed by atoms with Gasteiger partial charge >= 0.3 is 0 Å². The maximum atomic E-state index is 10.6. The molecule has 0 saturated heterocycles. The van der Waals surface area contributed by atoms with E-state index in [2.05, 4.69) is 68.4 Å². The van der Waals surface area contributed by atoms with E-state index in [0.29, 0.717) is 17.3 Å². The Morgan fingerprint density at radius 2 is 1.57 bits per heavy atom. The van der Waals surface area contributed by atoms with Crippen molar-refractivity contribution in [2.75, 3.05) is 6.61 Å². The molecule has 3 nitrogen and oxygen atoms in total. The summed E-state index contributed by atoms with van der Waals surface area (Å²) in [6.45, 7) is 23.3. The van der Waals surface area contributed by atoms with Crippen LogP contribution in [0.1, 0.15) is 133 Å². The monoisotopic (exact) mass is 492 g/mol. The van der Waals surface area contributed by atoms with Gasteiger partial charge in [0.25, 0.3) is 0 Å². The highest BCUT2D eigenvalue weighted by Crippen LogP contribution is 2.66. The summed E-state index contributed by atoms with van der Waals surface area (Å²) >= 11 is 0. The van der Waals surface area contributed by atoms with E-state index in [1.807, 2.05) is 6.92 Å². The van der Waals surface area contributed by atoms with Gasteiger partial charge in [0.05, 0.1) is 12.2 Å². The molecule has 3 heteroatoms. The van der Waals surface area contributed by atoms with Crippen LogP contribution in [0.5, 0.6) is 0 Å². The van der Waals surface area contributed by atoms with Crippen LogP contribution in [-0.4, -0.2) is 34.1 Å². The van der Waals surface area contributed by atoms with Crippen LogP contribution in [-0.2, 0) is 0 Å². The number of fused-ring (bicyclic) bond motifs is 1. The molecule has 2 aliphatic carbocycles. The molecule has 3 N–H and O–H groups in total. The Morgan fingerprint density at radius 3 is 2.11 bits per heavy atom. The van der Waals surface area contributed by atoms with E-state index in [-0.39, 0.29) is 34.4 Å². The number of allylic oxidation sites excluding steroid dienone is 1. The van der Waals surface area contributed by atoms with E-state index in [4.69, 9.17) is 0 Å². The van der Waals surface area contributed by atoms with Crippen molar-refractivity contribution in [2.45, 2.75) is 146 Å². The summed E-state index contributed by atoms with van der Waals surface area (Å²) in [6.07, 6.45) is 12.3. The predicted molar refractivity (Wildman–Crippen MR) is 149 cm³/mol. The molecule has 0 aliphatic heterocycles. The fraction of sp³-hybridized carbons (Fsp3) is 0.938. The van der Waals surface area contributed by atoms with Gasteiger partial charge in [-0.1, -0.05) is 80.4 Å². The first-order chi connectivity index (χ1) is 16.0. The van der Waals surface area contributed by atoms with Crippen molar-refractivity contribution >= 4 is 0 Å². The van der Waals surface area contributed by atoms with Gasteiger partial charge in [0.2, 0.25) is 0 Å². The van der Waals surface area contributed by atoms with E-state index in [1.54, 1.807) is 0 Å². The van der Waals surface area contributed by atoms with Crippen LogP contribution < -0.4 is 0 Å². The second-order valence-corrected chi connectivity index (χ2v) is 14.9. The average molecular weight is 493 g/mol. The average Bonchev–Trinajstić information content (AvgIpc) is 2.76. The molecule has 0 spiro atoms. The van der Waals surface area contributed by atoms with E-state index < -0.39 is 6.10 Å². The Morgan fingerprint density at radius 1 is 0.971 bits per heavy atom. The minimum Gasteiger partial charge on any atom is -0.396 e. The van der Waals surface area contributed by atoms with Gasteiger partial charge in [-0.15, -0.1) is 0 Å². The number of hydrogen-bond acceptors (Lipinski definition) is 3. The Balaban J connectivity index is 2.30. The van der Waals surface area contributed by atoms with E-state index in [0.717, 1.165) is 51.4 Å². The van der Waals surface area contributed by atoms with Gasteiger partial charge in [-0.05, 0) is 104 Å². The molecule has 35 heavy (non-hydrogen) atoms. The first kappa shape index (κ1) is 30.8. The number of aliphatic hydroxyl groups is 3. The van der Waals surface area contributed by atoms with E-state index in [1.165, 1.54) is 18.4 Å². The zero-order valence-corrected chi connectivity index (χ0v) is 25.0. The molecular formula is C32H60O3. The lowest BCUT2D eigenvalue weighted by Gasteiger charge is -2.62. The summed E-state index contributed by atoms with van der Waals surface area (Å²) in [6, 6.07) is 0. The number of hydrogen-bond donors (Lipinski definition) is 3. The quantitative estimate of drug-likeness (QED) is 0.257. The molecule has 0 heterocycles. The lowest BCUT2D eigenvalue weighted by molar-refractivity contribution is -0.0737. The highest BCUT2D eigenvalue weighted by Gasteiger charge is 2.58. The molecule has 7 atom stereocenters. The SMILES string of the molecule is CCCC(C)(C)CC[C@](C)(CO)CCC(C)(C)[C@]1(C)CC[C@H]2[C@H](C)[C@@H](O)CC[C@]2(C)/C1=C/[C@H](C)O. The second kappa shape index (κ2) is 11.2. The zero-order valence-electron chi connectivity index (χ0n) is 25.0. The Hall–Kier alpha value is -0.380. The van der Waals surface area contributed by atoms with Gasteiger partial charge in [0, 0.05) is 6.61 Å². The molecule has 2 rings (SSSR count). The molecule has 0 amide bonds. The maximum absolute atomic E-state index is 10.6. The van der Waals surface area contributed by atoms with Crippen LogP contribution in [0.25, 0.3) is 0 Å². The third-order valence-corrected chi connectivity index (χ3v) is 11.2. The van der Waals surface area contributed by atoms with E-state index >= 15 is 0 Å². The van der Waals surface area contributed by atoms with Gasteiger partial charge in [-0.3, -0.25) is 0 Å². The van der Waals surface area contributed by atoms with Gasteiger partial charge in [-0.2, -0.15) is 0 Å². The summed E-state index contributed by atoms with van der Waals surface area (Å²) in [4.78, 5) is 0. The van der Waals surface area contributed by atoms with Gasteiger partial charge in [-0.25, -0.2) is 0 Å². The third-order valence-electron chi connectivity index (χ3n) is 11.2. The molecule has 2 fully saturated rings. The normalized spacial score (nSPS) is 36.0. The third kappa shape index (κ3) is 6.55. The zero-order chi connectivity index (χ0) is 26.9. The molecule has 206 valence electrons. The fourth-order valence-corrected chi connectivity index (χ4v) is 7.80. The van der Waals surface area contributed by atoms with Gasteiger partial charge in [0.1, 0.15) is 0 Å². The summed E-state index contributed by atoms with van der Waals surface area (Å²) in [7, 11) is 0. The van der Waals surface area contributed by atoms with Crippen LogP contribution in [0.3, 0.4) is 0 Å². The molecule has 0 aromatic rings. The Bertz CT molecular complexity index is 722. The minimum atomic E-state index is -0.471. The summed E-state index contributed by atoms with van der Waals surface area (Å²) in [5, 5.41) is 31.6. The van der Waals surface area contributed by atoms with Crippen molar-refractivity contribution in [3.63, 3.8) is 0 Å².